The van der Waals surface area contributed by atoms with E-state index in [4.69, 9.17) is 0 Å². The van der Waals surface area contributed by atoms with Crippen LogP contribution >= 0.6 is 0 Å². The summed E-state index contributed by atoms with van der Waals surface area (Å²) in [4.78, 5) is 12.0. The molecule has 0 aliphatic rings. The molecule has 0 fully saturated rings. The van der Waals surface area contributed by atoms with E-state index in [1.807, 2.05) is 13.8 Å². The number of hydrogen-bond acceptors (Lipinski definition) is 4. The maximum Gasteiger partial charge on any atom is 0.243 e. The third-order valence-electron chi connectivity index (χ3n) is 2.98. The third-order valence-corrected chi connectivity index (χ3v) is 4.79. The second-order valence-corrected chi connectivity index (χ2v) is 6.88. The largest absolute Gasteiger partial charge is 0.353 e. The van der Waals surface area contributed by atoms with Crippen molar-refractivity contribution in [3.63, 3.8) is 0 Å². The van der Waals surface area contributed by atoms with Crippen molar-refractivity contribution in [1.82, 2.24) is 14.9 Å². The summed E-state index contributed by atoms with van der Waals surface area (Å²) in [6.45, 7) is 5.02. The van der Waals surface area contributed by atoms with E-state index in [0.717, 1.165) is 10.8 Å². The molecule has 0 saturated carbocycles. The Morgan fingerprint density at radius 3 is 2.48 bits per heavy atom. The normalized spacial score (nSPS) is 13.1. The Hall–Kier alpha value is -1.44. The summed E-state index contributed by atoms with van der Waals surface area (Å²) in [5.74, 6) is -0.318. The molecule has 0 radical (unpaired) electrons. The van der Waals surface area contributed by atoms with Crippen molar-refractivity contribution in [3.8, 4) is 0 Å². The van der Waals surface area contributed by atoms with E-state index >= 15 is 0 Å². The van der Waals surface area contributed by atoms with Crippen LogP contribution in [0.5, 0.6) is 0 Å². The topological polar surface area (TPSA) is 78.5 Å². The lowest BCUT2D eigenvalue weighted by Crippen LogP contribution is -2.43. The average molecular weight is 313 g/mol. The van der Waals surface area contributed by atoms with E-state index in [-0.39, 0.29) is 23.4 Å². The highest BCUT2D eigenvalue weighted by atomic mass is 32.2. The van der Waals surface area contributed by atoms with Crippen LogP contribution in [0.3, 0.4) is 0 Å². The first-order valence-corrected chi connectivity index (χ1v) is 8.33. The molecular weight excluding hydrogens is 290 g/mol. The first kappa shape index (κ1) is 17.6. The van der Waals surface area contributed by atoms with Gasteiger partial charge >= 0.3 is 0 Å². The van der Waals surface area contributed by atoms with Crippen molar-refractivity contribution in [3.05, 3.63) is 30.3 Å². The fourth-order valence-corrected chi connectivity index (χ4v) is 2.95. The lowest BCUT2D eigenvalue weighted by Gasteiger charge is -2.18. The highest BCUT2D eigenvalue weighted by molar-refractivity contribution is 7.89. The molecule has 1 rings (SSSR count). The molecular formula is C14H23N3O3S. The molecule has 0 aliphatic heterocycles. The Bertz CT molecular complexity index is 546. The van der Waals surface area contributed by atoms with E-state index in [1.54, 1.807) is 18.2 Å². The molecule has 2 N–H and O–H groups in total. The van der Waals surface area contributed by atoms with Crippen molar-refractivity contribution in [2.24, 2.45) is 0 Å². The predicted octanol–water partition coefficient (Wildman–Crippen LogP) is 0.421. The van der Waals surface area contributed by atoms with Gasteiger partial charge in [0.25, 0.3) is 0 Å². The Balaban J connectivity index is 2.56. The highest BCUT2D eigenvalue weighted by Crippen LogP contribution is 2.12. The summed E-state index contributed by atoms with van der Waals surface area (Å²) in [6, 6.07) is 8.22. The van der Waals surface area contributed by atoms with Crippen molar-refractivity contribution >= 4 is 15.9 Å². The summed E-state index contributed by atoms with van der Waals surface area (Å²) in [5.41, 5.74) is 0. The summed E-state index contributed by atoms with van der Waals surface area (Å²) in [7, 11) is -2.23. The van der Waals surface area contributed by atoms with Crippen molar-refractivity contribution in [2.75, 3.05) is 26.7 Å². The zero-order valence-corrected chi connectivity index (χ0v) is 13.5. The van der Waals surface area contributed by atoms with Crippen LogP contribution in [0, 0.1) is 0 Å². The summed E-state index contributed by atoms with van der Waals surface area (Å²) >= 11 is 0. The number of nitrogens with one attached hydrogen (secondary N) is 2. The fraction of sp³-hybridized carbons (Fsp3) is 0.500. The van der Waals surface area contributed by atoms with Gasteiger partial charge in [0.1, 0.15) is 0 Å². The second kappa shape index (κ2) is 8.11. The number of carbonyl (C=O) groups is 1. The van der Waals surface area contributed by atoms with E-state index < -0.39 is 10.0 Å². The zero-order valence-electron chi connectivity index (χ0n) is 12.7. The average Bonchev–Trinajstić information content (AvgIpc) is 2.46. The number of sulfonamides is 1. The highest BCUT2D eigenvalue weighted by Gasteiger charge is 2.22. The zero-order chi connectivity index (χ0) is 15.9. The van der Waals surface area contributed by atoms with E-state index in [9.17, 15) is 13.2 Å². The van der Waals surface area contributed by atoms with Gasteiger partial charge in [0.05, 0.1) is 11.4 Å². The predicted molar refractivity (Wildman–Crippen MR) is 82.4 cm³/mol. The quantitative estimate of drug-likeness (QED) is 0.729. The van der Waals surface area contributed by atoms with Gasteiger partial charge in [0, 0.05) is 19.6 Å². The molecule has 0 heterocycles. The molecule has 1 aromatic rings. The molecule has 1 amide bonds. The number of carbonyl (C=O) groups excluding carboxylic acids is 1. The number of rotatable bonds is 8. The van der Waals surface area contributed by atoms with Crippen molar-refractivity contribution in [2.45, 2.75) is 24.8 Å². The van der Waals surface area contributed by atoms with Crippen molar-refractivity contribution in [1.29, 1.82) is 0 Å². The second-order valence-electron chi connectivity index (χ2n) is 4.84. The van der Waals surface area contributed by atoms with Gasteiger partial charge in [0.15, 0.2) is 0 Å². The minimum absolute atomic E-state index is 0.148. The monoisotopic (exact) mass is 313 g/mol. The van der Waals surface area contributed by atoms with Crippen LogP contribution in [0.1, 0.15) is 13.8 Å². The lowest BCUT2D eigenvalue weighted by molar-refractivity contribution is -0.121. The molecule has 0 bridgehead atoms. The lowest BCUT2D eigenvalue weighted by atomic mass is 10.3. The summed E-state index contributed by atoms with van der Waals surface area (Å²) in [6.07, 6.45) is 0. The number of amides is 1. The van der Waals surface area contributed by atoms with Crippen LogP contribution in [-0.2, 0) is 14.8 Å². The molecule has 1 aromatic carbocycles. The smallest absolute Gasteiger partial charge is 0.243 e. The molecule has 21 heavy (non-hydrogen) atoms. The molecule has 0 aliphatic carbocycles. The van der Waals surface area contributed by atoms with E-state index in [1.165, 1.54) is 19.2 Å². The first-order chi connectivity index (χ1) is 9.87. The Kier molecular flexibility index (Phi) is 6.80. The van der Waals surface area contributed by atoms with Crippen LogP contribution in [0.15, 0.2) is 35.2 Å². The minimum Gasteiger partial charge on any atom is -0.353 e. The van der Waals surface area contributed by atoms with Gasteiger partial charge in [-0.25, -0.2) is 8.42 Å². The van der Waals surface area contributed by atoms with Crippen molar-refractivity contribution < 1.29 is 13.2 Å². The third kappa shape index (κ3) is 5.45. The SMILES string of the molecule is CCN[C@H](C)CNC(=O)CN(C)S(=O)(=O)c1ccccc1. The molecule has 0 spiro atoms. The molecule has 1 atom stereocenters. The van der Waals surface area contributed by atoms with Crippen LogP contribution in [0.2, 0.25) is 0 Å². The van der Waals surface area contributed by atoms with Crippen LogP contribution in [0.4, 0.5) is 0 Å². The molecule has 0 aromatic heterocycles. The number of hydrogen-bond donors (Lipinski definition) is 2. The van der Waals surface area contributed by atoms with E-state index in [2.05, 4.69) is 10.6 Å². The number of benzene rings is 1. The maximum atomic E-state index is 12.2. The van der Waals surface area contributed by atoms with Crippen LogP contribution in [0.25, 0.3) is 0 Å². The molecule has 0 saturated heterocycles. The molecule has 0 unspecified atom stereocenters. The maximum absolute atomic E-state index is 12.2. The van der Waals surface area contributed by atoms with Gasteiger partial charge < -0.3 is 10.6 Å². The van der Waals surface area contributed by atoms with E-state index in [0.29, 0.717) is 6.54 Å². The van der Waals surface area contributed by atoms with Gasteiger partial charge in [-0.15, -0.1) is 0 Å². The summed E-state index contributed by atoms with van der Waals surface area (Å²) < 4.78 is 25.5. The fourth-order valence-electron chi connectivity index (χ4n) is 1.80. The molecule has 6 nitrogen and oxygen atoms in total. The Morgan fingerprint density at radius 2 is 1.90 bits per heavy atom. The standard InChI is InChI=1S/C14H23N3O3S/c1-4-15-12(2)10-16-14(18)11-17(3)21(19,20)13-8-6-5-7-9-13/h5-9,12,15H,4,10-11H2,1-3H3,(H,16,18)/t12-/m1/s1. The summed E-state index contributed by atoms with van der Waals surface area (Å²) in [5, 5.41) is 5.88. The molecule has 7 heteroatoms. The Labute approximate surface area is 126 Å². The Morgan fingerprint density at radius 1 is 1.29 bits per heavy atom. The van der Waals surface area contributed by atoms with Gasteiger partial charge in [-0.05, 0) is 25.6 Å². The van der Waals surface area contributed by atoms with Gasteiger partial charge in [-0.2, -0.15) is 4.31 Å². The van der Waals surface area contributed by atoms with Crippen LogP contribution < -0.4 is 10.6 Å². The minimum atomic E-state index is -3.63. The number of likely N-dealkylation sites (N-methyl/N-ethyl adjacent to an activating group) is 2. The van der Waals surface area contributed by atoms with Gasteiger partial charge in [-0.3, -0.25) is 4.79 Å². The molecule has 118 valence electrons. The van der Waals surface area contributed by atoms with Crippen LogP contribution in [-0.4, -0.2) is 51.4 Å². The van der Waals surface area contributed by atoms with Gasteiger partial charge in [0.2, 0.25) is 15.9 Å². The van der Waals surface area contributed by atoms with Gasteiger partial charge in [-0.1, -0.05) is 25.1 Å². The first-order valence-electron chi connectivity index (χ1n) is 6.89. The number of nitrogens with zero attached hydrogens (tertiary/aromatic N) is 1.